The highest BCUT2D eigenvalue weighted by atomic mass is 32.1. The van der Waals surface area contributed by atoms with Crippen LogP contribution in [0.1, 0.15) is 15.5 Å². The fraction of sp³-hybridized carbons (Fsp3) is 0.0909. The van der Waals surface area contributed by atoms with Crippen LogP contribution < -0.4 is 5.32 Å². The van der Waals surface area contributed by atoms with E-state index in [0.717, 1.165) is 0 Å². The van der Waals surface area contributed by atoms with Crippen LogP contribution in [0.4, 0.5) is 15.1 Å². The van der Waals surface area contributed by atoms with E-state index in [0.29, 0.717) is 15.7 Å². The highest BCUT2D eigenvalue weighted by Crippen LogP contribution is 2.27. The molecule has 2 N–H and O–H groups in total. The van der Waals surface area contributed by atoms with Crippen LogP contribution in [-0.4, -0.2) is 16.1 Å². The van der Waals surface area contributed by atoms with E-state index in [1.54, 1.807) is 6.92 Å². The van der Waals surface area contributed by atoms with Gasteiger partial charge in [-0.1, -0.05) is 0 Å². The molecule has 0 atom stereocenters. The van der Waals surface area contributed by atoms with Gasteiger partial charge in [-0.2, -0.15) is 0 Å². The number of nitrogens with zero attached hydrogens (tertiary/aromatic N) is 1. The number of nitrogens with one attached hydrogen (secondary N) is 1. The second-order valence-corrected chi connectivity index (χ2v) is 4.55. The van der Waals surface area contributed by atoms with Crippen molar-refractivity contribution in [2.75, 3.05) is 5.32 Å². The van der Waals surface area contributed by atoms with E-state index in [4.69, 9.17) is 5.11 Å². The Balaban J connectivity index is 2.29. The van der Waals surface area contributed by atoms with Crippen LogP contribution in [-0.2, 0) is 0 Å². The summed E-state index contributed by atoms with van der Waals surface area (Å²) < 4.78 is 12.7. The molecule has 0 bridgehead atoms. The largest absolute Gasteiger partial charge is 0.476 e. The van der Waals surface area contributed by atoms with Crippen LogP contribution in [0.2, 0.25) is 0 Å². The van der Waals surface area contributed by atoms with Gasteiger partial charge in [0.05, 0.1) is 5.01 Å². The van der Waals surface area contributed by atoms with Gasteiger partial charge >= 0.3 is 5.97 Å². The number of carboxylic acids is 1. The zero-order valence-corrected chi connectivity index (χ0v) is 9.71. The van der Waals surface area contributed by atoms with Crippen molar-refractivity contribution in [3.63, 3.8) is 0 Å². The maximum absolute atomic E-state index is 12.7. The molecule has 0 amide bonds. The molecular weight excluding hydrogens is 243 g/mol. The Hall–Kier alpha value is -1.95. The Morgan fingerprint density at radius 2 is 2.06 bits per heavy atom. The monoisotopic (exact) mass is 252 g/mol. The fourth-order valence-electron chi connectivity index (χ4n) is 1.32. The molecule has 1 heterocycles. The molecule has 0 aliphatic carbocycles. The number of rotatable bonds is 3. The smallest absolute Gasteiger partial charge is 0.357 e. The minimum Gasteiger partial charge on any atom is -0.476 e. The van der Waals surface area contributed by atoms with Gasteiger partial charge in [-0.3, -0.25) is 0 Å². The topological polar surface area (TPSA) is 62.2 Å². The van der Waals surface area contributed by atoms with Crippen molar-refractivity contribution in [2.45, 2.75) is 6.92 Å². The molecule has 6 heteroatoms. The Kier molecular flexibility index (Phi) is 3.06. The van der Waals surface area contributed by atoms with Crippen LogP contribution in [0.5, 0.6) is 0 Å². The first-order valence-corrected chi connectivity index (χ1v) is 5.61. The van der Waals surface area contributed by atoms with Crippen molar-refractivity contribution in [3.05, 3.63) is 40.8 Å². The van der Waals surface area contributed by atoms with E-state index in [2.05, 4.69) is 10.3 Å². The molecule has 0 aliphatic rings. The number of aryl methyl sites for hydroxylation is 1. The first kappa shape index (κ1) is 11.5. The van der Waals surface area contributed by atoms with E-state index in [1.165, 1.54) is 35.6 Å². The molecule has 0 spiro atoms. The summed E-state index contributed by atoms with van der Waals surface area (Å²) in [7, 11) is 0. The van der Waals surface area contributed by atoms with Gasteiger partial charge in [0.1, 0.15) is 10.8 Å². The molecule has 4 nitrogen and oxygen atoms in total. The maximum Gasteiger partial charge on any atom is 0.357 e. The summed E-state index contributed by atoms with van der Waals surface area (Å²) in [6.07, 6.45) is 0. The van der Waals surface area contributed by atoms with E-state index in [9.17, 15) is 9.18 Å². The first-order chi connectivity index (χ1) is 8.06. The van der Waals surface area contributed by atoms with Gasteiger partial charge < -0.3 is 10.4 Å². The SMILES string of the molecule is Cc1nc(C(=O)O)c(Nc2ccc(F)cc2)s1. The first-order valence-electron chi connectivity index (χ1n) is 4.79. The van der Waals surface area contributed by atoms with Crippen LogP contribution in [0.3, 0.4) is 0 Å². The second kappa shape index (κ2) is 4.50. The molecule has 0 saturated carbocycles. The number of benzene rings is 1. The lowest BCUT2D eigenvalue weighted by Crippen LogP contribution is -2.01. The molecule has 0 radical (unpaired) electrons. The number of thiazole rings is 1. The molecule has 88 valence electrons. The minimum atomic E-state index is -1.08. The van der Waals surface area contributed by atoms with E-state index >= 15 is 0 Å². The third-order valence-electron chi connectivity index (χ3n) is 2.04. The number of anilines is 2. The second-order valence-electron chi connectivity index (χ2n) is 3.35. The summed E-state index contributed by atoms with van der Waals surface area (Å²) in [6, 6.07) is 5.68. The standard InChI is InChI=1S/C11H9FN2O2S/c1-6-13-9(11(15)16)10(17-6)14-8-4-2-7(12)3-5-8/h2-5,14H,1H3,(H,15,16). The Morgan fingerprint density at radius 3 is 2.65 bits per heavy atom. The van der Waals surface area contributed by atoms with Crippen LogP contribution in [0, 0.1) is 12.7 Å². The third-order valence-corrected chi connectivity index (χ3v) is 2.92. The number of hydrogen-bond donors (Lipinski definition) is 2. The highest BCUT2D eigenvalue weighted by molar-refractivity contribution is 7.16. The van der Waals surface area contributed by atoms with Crippen LogP contribution in [0.15, 0.2) is 24.3 Å². The molecule has 0 aliphatic heterocycles. The van der Waals surface area contributed by atoms with Gasteiger partial charge in [-0.25, -0.2) is 14.2 Å². The Morgan fingerprint density at radius 1 is 1.41 bits per heavy atom. The molecule has 17 heavy (non-hydrogen) atoms. The normalized spacial score (nSPS) is 10.2. The van der Waals surface area contributed by atoms with Crippen molar-refractivity contribution < 1.29 is 14.3 Å². The zero-order chi connectivity index (χ0) is 12.4. The van der Waals surface area contributed by atoms with Gasteiger partial charge in [0.2, 0.25) is 0 Å². The summed E-state index contributed by atoms with van der Waals surface area (Å²) >= 11 is 1.24. The maximum atomic E-state index is 12.7. The number of aromatic carboxylic acids is 1. The van der Waals surface area contributed by atoms with Crippen LogP contribution >= 0.6 is 11.3 Å². The minimum absolute atomic E-state index is 0.0168. The van der Waals surface area contributed by atoms with Gasteiger partial charge in [-0.15, -0.1) is 11.3 Å². The van der Waals surface area contributed by atoms with Gasteiger partial charge in [0.15, 0.2) is 5.69 Å². The summed E-state index contributed by atoms with van der Waals surface area (Å²) in [5.41, 5.74) is 0.606. The third kappa shape index (κ3) is 2.59. The van der Waals surface area contributed by atoms with Crippen LogP contribution in [0.25, 0.3) is 0 Å². The van der Waals surface area contributed by atoms with Gasteiger partial charge in [0, 0.05) is 5.69 Å². The average molecular weight is 252 g/mol. The Bertz CT molecular complexity index is 551. The molecule has 0 unspecified atom stereocenters. The van der Waals surface area contributed by atoms with E-state index in [1.807, 2.05) is 0 Å². The predicted molar refractivity (Wildman–Crippen MR) is 63.5 cm³/mol. The lowest BCUT2D eigenvalue weighted by molar-refractivity contribution is 0.0692. The number of carboxylic acid groups (broad SMARTS) is 1. The highest BCUT2D eigenvalue weighted by Gasteiger charge is 2.15. The van der Waals surface area contributed by atoms with E-state index in [-0.39, 0.29) is 11.5 Å². The fourth-order valence-corrected chi connectivity index (χ4v) is 2.15. The molecular formula is C11H9FN2O2S. The zero-order valence-electron chi connectivity index (χ0n) is 8.90. The average Bonchev–Trinajstić information content (AvgIpc) is 2.63. The molecule has 2 rings (SSSR count). The molecule has 0 saturated heterocycles. The van der Waals surface area contributed by atoms with Crippen molar-refractivity contribution >= 4 is 28.0 Å². The van der Waals surface area contributed by atoms with Crippen molar-refractivity contribution in [2.24, 2.45) is 0 Å². The number of halogens is 1. The predicted octanol–water partition coefficient (Wildman–Crippen LogP) is 3.03. The summed E-state index contributed by atoms with van der Waals surface area (Å²) in [5, 5.41) is 13.0. The van der Waals surface area contributed by atoms with Crippen molar-refractivity contribution in [1.82, 2.24) is 4.98 Å². The number of hydrogen-bond acceptors (Lipinski definition) is 4. The Labute approximate surface area is 101 Å². The summed E-state index contributed by atoms with van der Waals surface area (Å²) in [6.45, 7) is 1.73. The van der Waals surface area contributed by atoms with Gasteiger partial charge in [0.25, 0.3) is 0 Å². The van der Waals surface area contributed by atoms with Crippen molar-refractivity contribution in [3.8, 4) is 0 Å². The van der Waals surface area contributed by atoms with Gasteiger partial charge in [-0.05, 0) is 31.2 Å². The lowest BCUT2D eigenvalue weighted by Gasteiger charge is -2.03. The number of carbonyl (C=O) groups is 1. The van der Waals surface area contributed by atoms with Crippen molar-refractivity contribution in [1.29, 1.82) is 0 Å². The van der Waals surface area contributed by atoms with E-state index < -0.39 is 5.97 Å². The molecule has 2 aromatic rings. The summed E-state index contributed by atoms with van der Waals surface area (Å²) in [5.74, 6) is -1.42. The molecule has 1 aromatic carbocycles. The lowest BCUT2D eigenvalue weighted by atomic mass is 10.3. The molecule has 0 fully saturated rings. The number of aromatic nitrogens is 1. The quantitative estimate of drug-likeness (QED) is 0.881. The molecule has 1 aromatic heterocycles. The summed E-state index contributed by atoms with van der Waals surface area (Å²) in [4.78, 5) is 14.8.